The van der Waals surface area contributed by atoms with Gasteiger partial charge in [-0.15, -0.1) is 0 Å². The van der Waals surface area contributed by atoms with Gasteiger partial charge < -0.3 is 21.1 Å². The zero-order valence-corrected chi connectivity index (χ0v) is 11.9. The number of para-hydroxylation sites is 1. The van der Waals surface area contributed by atoms with Crippen LogP contribution in [0, 0.1) is 0 Å². The molecule has 6 nitrogen and oxygen atoms in total. The molecule has 0 saturated carbocycles. The molecule has 0 radical (unpaired) electrons. The highest BCUT2D eigenvalue weighted by Gasteiger charge is 2.03. The van der Waals surface area contributed by atoms with Crippen LogP contribution in [0.15, 0.2) is 54.6 Å². The number of primary amides is 1. The lowest BCUT2D eigenvalue weighted by molar-refractivity contribution is -0.123. The minimum atomic E-state index is -0.612. The first kappa shape index (κ1) is 15.4. The summed E-state index contributed by atoms with van der Waals surface area (Å²) >= 11 is 0. The van der Waals surface area contributed by atoms with Gasteiger partial charge in [0.05, 0.1) is 0 Å². The summed E-state index contributed by atoms with van der Waals surface area (Å²) in [6, 6.07) is 15.6. The van der Waals surface area contributed by atoms with Gasteiger partial charge in [0.25, 0.3) is 5.91 Å². The second kappa shape index (κ2) is 7.68. The van der Waals surface area contributed by atoms with Gasteiger partial charge in [-0.3, -0.25) is 4.79 Å². The average Bonchev–Trinajstić information content (AvgIpc) is 2.53. The van der Waals surface area contributed by atoms with Gasteiger partial charge in [-0.2, -0.15) is 0 Å². The molecule has 2 rings (SSSR count). The smallest absolute Gasteiger partial charge is 0.316 e. The van der Waals surface area contributed by atoms with Gasteiger partial charge in [-0.1, -0.05) is 30.3 Å². The minimum absolute atomic E-state index is 0.0364. The van der Waals surface area contributed by atoms with Crippen molar-refractivity contribution < 1.29 is 14.3 Å². The predicted molar refractivity (Wildman–Crippen MR) is 83.4 cm³/mol. The van der Waals surface area contributed by atoms with Crippen LogP contribution in [0.3, 0.4) is 0 Å². The van der Waals surface area contributed by atoms with Crippen LogP contribution in [-0.4, -0.2) is 18.5 Å². The van der Waals surface area contributed by atoms with E-state index in [2.05, 4.69) is 10.6 Å². The monoisotopic (exact) mass is 299 g/mol. The Balaban J connectivity index is 1.75. The van der Waals surface area contributed by atoms with Crippen LogP contribution >= 0.6 is 0 Å². The SMILES string of the molecule is NC(=O)Nc1ccc(CNC(=O)COc2ccccc2)cc1. The minimum Gasteiger partial charge on any atom is -0.484 e. The zero-order valence-electron chi connectivity index (χ0n) is 11.9. The molecule has 2 aromatic carbocycles. The maximum Gasteiger partial charge on any atom is 0.316 e. The molecule has 22 heavy (non-hydrogen) atoms. The Hall–Kier alpha value is -3.02. The molecule has 0 aromatic heterocycles. The molecule has 0 unspecified atom stereocenters. The first-order valence-electron chi connectivity index (χ1n) is 6.73. The molecule has 4 N–H and O–H groups in total. The van der Waals surface area contributed by atoms with E-state index in [9.17, 15) is 9.59 Å². The van der Waals surface area contributed by atoms with E-state index >= 15 is 0 Å². The summed E-state index contributed by atoms with van der Waals surface area (Å²) in [6.07, 6.45) is 0. The van der Waals surface area contributed by atoms with Gasteiger partial charge >= 0.3 is 6.03 Å². The zero-order chi connectivity index (χ0) is 15.8. The highest BCUT2D eigenvalue weighted by atomic mass is 16.5. The lowest BCUT2D eigenvalue weighted by Gasteiger charge is -2.08. The lowest BCUT2D eigenvalue weighted by atomic mass is 10.2. The van der Waals surface area contributed by atoms with Gasteiger partial charge in [0.1, 0.15) is 5.75 Å². The van der Waals surface area contributed by atoms with Crippen molar-refractivity contribution in [2.45, 2.75) is 6.54 Å². The number of carbonyl (C=O) groups excluding carboxylic acids is 2. The van der Waals surface area contributed by atoms with Gasteiger partial charge in [-0.25, -0.2) is 4.79 Å². The van der Waals surface area contributed by atoms with Crippen LogP contribution in [0.1, 0.15) is 5.56 Å². The fourth-order valence-corrected chi connectivity index (χ4v) is 1.77. The summed E-state index contributed by atoms with van der Waals surface area (Å²) in [7, 11) is 0. The molecule has 0 bridgehead atoms. The van der Waals surface area contributed by atoms with E-state index in [-0.39, 0.29) is 12.5 Å². The number of urea groups is 1. The quantitative estimate of drug-likeness (QED) is 0.760. The Morgan fingerprint density at radius 2 is 1.68 bits per heavy atom. The van der Waals surface area contributed by atoms with E-state index in [0.717, 1.165) is 5.56 Å². The molecule has 6 heteroatoms. The first-order chi connectivity index (χ1) is 10.6. The largest absolute Gasteiger partial charge is 0.484 e. The number of amides is 3. The maximum atomic E-state index is 11.7. The molecule has 0 saturated heterocycles. The van der Waals surface area contributed by atoms with Crippen LogP contribution in [0.25, 0.3) is 0 Å². The standard InChI is InChI=1S/C16H17N3O3/c17-16(21)19-13-8-6-12(7-9-13)10-18-15(20)11-22-14-4-2-1-3-5-14/h1-9H,10-11H2,(H,18,20)(H3,17,19,21). The molecule has 0 heterocycles. The number of benzene rings is 2. The first-order valence-corrected chi connectivity index (χ1v) is 6.73. The van der Waals surface area contributed by atoms with Crippen LogP contribution in [0.5, 0.6) is 5.75 Å². The molecule has 0 fully saturated rings. The molecule has 2 aromatic rings. The van der Waals surface area contributed by atoms with Crippen molar-refractivity contribution in [3.8, 4) is 5.75 Å². The average molecular weight is 299 g/mol. The molecule has 0 atom stereocenters. The van der Waals surface area contributed by atoms with Crippen molar-refractivity contribution in [1.29, 1.82) is 0 Å². The van der Waals surface area contributed by atoms with Crippen molar-refractivity contribution in [3.63, 3.8) is 0 Å². The molecule has 114 valence electrons. The molecule has 0 aliphatic carbocycles. The fourth-order valence-electron chi connectivity index (χ4n) is 1.77. The fraction of sp³-hybridized carbons (Fsp3) is 0.125. The summed E-state index contributed by atoms with van der Waals surface area (Å²) in [4.78, 5) is 22.4. The van der Waals surface area contributed by atoms with E-state index in [1.807, 2.05) is 18.2 Å². The number of carbonyl (C=O) groups is 2. The third-order valence-corrected chi connectivity index (χ3v) is 2.82. The van der Waals surface area contributed by atoms with Gasteiger partial charge in [0.2, 0.25) is 0 Å². The van der Waals surface area contributed by atoms with Gasteiger partial charge in [0, 0.05) is 12.2 Å². The molecular formula is C16H17N3O3. The molecule has 0 spiro atoms. The number of ether oxygens (including phenoxy) is 1. The van der Waals surface area contributed by atoms with Crippen molar-refractivity contribution in [3.05, 3.63) is 60.2 Å². The summed E-state index contributed by atoms with van der Waals surface area (Å²) in [5, 5.41) is 5.22. The third-order valence-electron chi connectivity index (χ3n) is 2.82. The van der Waals surface area contributed by atoms with Gasteiger partial charge in [0.15, 0.2) is 6.61 Å². The number of anilines is 1. The van der Waals surface area contributed by atoms with Crippen LogP contribution < -0.4 is 21.1 Å². The van der Waals surface area contributed by atoms with E-state index in [0.29, 0.717) is 18.0 Å². The number of nitrogens with one attached hydrogen (secondary N) is 2. The van der Waals surface area contributed by atoms with Crippen LogP contribution in [0.4, 0.5) is 10.5 Å². The van der Waals surface area contributed by atoms with E-state index in [4.69, 9.17) is 10.5 Å². The number of hydrogen-bond acceptors (Lipinski definition) is 3. The van der Waals surface area contributed by atoms with E-state index < -0.39 is 6.03 Å². The topological polar surface area (TPSA) is 93.5 Å². The van der Waals surface area contributed by atoms with Crippen molar-refractivity contribution in [2.24, 2.45) is 5.73 Å². The predicted octanol–water partition coefficient (Wildman–Crippen LogP) is 1.87. The second-order valence-corrected chi connectivity index (χ2v) is 4.56. The van der Waals surface area contributed by atoms with Crippen molar-refractivity contribution >= 4 is 17.6 Å². The van der Waals surface area contributed by atoms with Crippen molar-refractivity contribution in [2.75, 3.05) is 11.9 Å². The third kappa shape index (κ3) is 5.16. The number of hydrogen-bond donors (Lipinski definition) is 3. The summed E-state index contributed by atoms with van der Waals surface area (Å²) in [5.41, 5.74) is 6.53. The Kier molecular flexibility index (Phi) is 5.37. The maximum absolute atomic E-state index is 11.7. The Bertz CT molecular complexity index is 627. The summed E-state index contributed by atoms with van der Waals surface area (Å²) in [6.45, 7) is 0.346. The highest BCUT2D eigenvalue weighted by Crippen LogP contribution is 2.09. The Morgan fingerprint density at radius 3 is 2.32 bits per heavy atom. The van der Waals surface area contributed by atoms with Crippen molar-refractivity contribution in [1.82, 2.24) is 5.32 Å². The Labute approximate surface area is 128 Å². The van der Waals surface area contributed by atoms with Crippen LogP contribution in [-0.2, 0) is 11.3 Å². The second-order valence-electron chi connectivity index (χ2n) is 4.56. The van der Waals surface area contributed by atoms with Crippen LogP contribution in [0.2, 0.25) is 0 Å². The Morgan fingerprint density at radius 1 is 1.00 bits per heavy atom. The number of rotatable bonds is 6. The molecule has 0 aliphatic heterocycles. The van der Waals surface area contributed by atoms with Gasteiger partial charge in [-0.05, 0) is 29.8 Å². The van der Waals surface area contributed by atoms with E-state index in [1.165, 1.54) is 0 Å². The molecular weight excluding hydrogens is 282 g/mol. The lowest BCUT2D eigenvalue weighted by Crippen LogP contribution is -2.28. The summed E-state index contributed by atoms with van der Waals surface area (Å²) < 4.78 is 5.35. The van der Waals surface area contributed by atoms with E-state index in [1.54, 1.807) is 36.4 Å². The summed E-state index contributed by atoms with van der Waals surface area (Å²) in [5.74, 6) is 0.447. The molecule has 0 aliphatic rings. The molecule has 3 amide bonds. The number of nitrogens with two attached hydrogens (primary N) is 1. The highest BCUT2D eigenvalue weighted by molar-refractivity contribution is 5.87. The normalized spacial score (nSPS) is 9.82.